The van der Waals surface area contributed by atoms with E-state index in [9.17, 15) is 9.18 Å². The highest BCUT2D eigenvalue weighted by molar-refractivity contribution is 5.93. The number of aryl methyl sites for hydroxylation is 1. The van der Waals surface area contributed by atoms with Gasteiger partial charge in [-0.2, -0.15) is 5.10 Å². The largest absolute Gasteiger partial charge is 0.497 e. The molecule has 0 aliphatic heterocycles. The zero-order valence-corrected chi connectivity index (χ0v) is 14.0. The van der Waals surface area contributed by atoms with Crippen LogP contribution in [0.25, 0.3) is 11.3 Å². The van der Waals surface area contributed by atoms with Gasteiger partial charge in [0.15, 0.2) is 5.69 Å². The van der Waals surface area contributed by atoms with E-state index in [2.05, 4.69) is 10.4 Å². The van der Waals surface area contributed by atoms with Crippen LogP contribution in [0.15, 0.2) is 54.6 Å². The molecule has 1 aromatic heterocycles. The fraction of sp³-hybridized carbons (Fsp3) is 0.158. The minimum atomic E-state index is -0.303. The normalized spacial score (nSPS) is 10.5. The Labute approximate surface area is 145 Å². The van der Waals surface area contributed by atoms with Crippen LogP contribution in [0.5, 0.6) is 5.75 Å². The Kier molecular flexibility index (Phi) is 4.79. The van der Waals surface area contributed by atoms with Gasteiger partial charge >= 0.3 is 0 Å². The molecule has 0 aliphatic rings. The maximum absolute atomic E-state index is 12.9. The SMILES string of the molecule is COc1cccc(-c2cc(C(=O)NCc3ccc(F)cc3)nn2C)c1. The second kappa shape index (κ2) is 7.17. The van der Waals surface area contributed by atoms with Gasteiger partial charge in [0, 0.05) is 19.2 Å². The zero-order chi connectivity index (χ0) is 17.8. The van der Waals surface area contributed by atoms with Gasteiger partial charge in [0.25, 0.3) is 5.91 Å². The van der Waals surface area contributed by atoms with Crippen molar-refractivity contribution in [3.05, 3.63) is 71.7 Å². The van der Waals surface area contributed by atoms with Gasteiger partial charge in [-0.3, -0.25) is 9.48 Å². The highest BCUT2D eigenvalue weighted by atomic mass is 19.1. The van der Waals surface area contributed by atoms with E-state index in [1.807, 2.05) is 24.3 Å². The molecule has 0 saturated carbocycles. The number of rotatable bonds is 5. The number of hydrogen-bond donors (Lipinski definition) is 1. The minimum absolute atomic E-state index is 0.283. The van der Waals surface area contributed by atoms with Crippen molar-refractivity contribution in [2.24, 2.45) is 7.05 Å². The zero-order valence-electron chi connectivity index (χ0n) is 14.0. The molecule has 3 aromatic rings. The van der Waals surface area contributed by atoms with Gasteiger partial charge in [-0.1, -0.05) is 24.3 Å². The van der Waals surface area contributed by atoms with Crippen molar-refractivity contribution in [2.45, 2.75) is 6.54 Å². The van der Waals surface area contributed by atoms with Crippen molar-refractivity contribution in [3.63, 3.8) is 0 Å². The van der Waals surface area contributed by atoms with E-state index in [1.54, 1.807) is 37.0 Å². The molecule has 0 radical (unpaired) electrons. The lowest BCUT2D eigenvalue weighted by molar-refractivity contribution is 0.0945. The minimum Gasteiger partial charge on any atom is -0.497 e. The molecule has 1 amide bonds. The molecule has 0 saturated heterocycles. The summed E-state index contributed by atoms with van der Waals surface area (Å²) in [7, 11) is 3.39. The average Bonchev–Trinajstić information content (AvgIpc) is 3.03. The summed E-state index contributed by atoms with van der Waals surface area (Å²) in [5, 5.41) is 7.06. The lowest BCUT2D eigenvalue weighted by atomic mass is 10.1. The first-order valence-electron chi connectivity index (χ1n) is 7.78. The summed E-state index contributed by atoms with van der Waals surface area (Å²) in [6, 6.07) is 15.3. The van der Waals surface area contributed by atoms with Crippen LogP contribution in [0.2, 0.25) is 0 Å². The summed E-state index contributed by atoms with van der Waals surface area (Å²) in [5.41, 5.74) is 2.86. The molecule has 0 atom stereocenters. The van der Waals surface area contributed by atoms with Gasteiger partial charge in [-0.15, -0.1) is 0 Å². The second-order valence-electron chi connectivity index (χ2n) is 5.58. The van der Waals surface area contributed by atoms with Crippen LogP contribution < -0.4 is 10.1 Å². The van der Waals surface area contributed by atoms with Crippen LogP contribution in [0.4, 0.5) is 4.39 Å². The summed E-state index contributed by atoms with van der Waals surface area (Å²) < 4.78 is 19.8. The maximum Gasteiger partial charge on any atom is 0.272 e. The summed E-state index contributed by atoms with van der Waals surface area (Å²) in [5.74, 6) is 0.151. The third-order valence-corrected chi connectivity index (χ3v) is 3.84. The predicted octanol–water partition coefficient (Wildman–Crippen LogP) is 3.16. The summed E-state index contributed by atoms with van der Waals surface area (Å²) in [4.78, 5) is 12.3. The Morgan fingerprint density at radius 3 is 2.68 bits per heavy atom. The lowest BCUT2D eigenvalue weighted by Crippen LogP contribution is -2.23. The summed E-state index contributed by atoms with van der Waals surface area (Å²) in [6.45, 7) is 0.310. The van der Waals surface area contributed by atoms with Crippen LogP contribution in [-0.4, -0.2) is 22.8 Å². The molecule has 5 nitrogen and oxygen atoms in total. The fourth-order valence-electron chi connectivity index (χ4n) is 2.51. The molecule has 0 spiro atoms. The molecule has 0 fully saturated rings. The van der Waals surface area contributed by atoms with Crippen molar-refractivity contribution >= 4 is 5.91 Å². The third-order valence-electron chi connectivity index (χ3n) is 3.84. The monoisotopic (exact) mass is 339 g/mol. The van der Waals surface area contributed by atoms with E-state index in [0.29, 0.717) is 12.2 Å². The number of methoxy groups -OCH3 is 1. The molecule has 25 heavy (non-hydrogen) atoms. The van der Waals surface area contributed by atoms with Crippen LogP contribution in [-0.2, 0) is 13.6 Å². The summed E-state index contributed by atoms with van der Waals surface area (Å²) in [6.07, 6.45) is 0. The number of aromatic nitrogens is 2. The number of nitrogens with zero attached hydrogens (tertiary/aromatic N) is 2. The number of carbonyl (C=O) groups excluding carboxylic acids is 1. The molecule has 1 N–H and O–H groups in total. The van der Waals surface area contributed by atoms with Gasteiger partial charge in [0.2, 0.25) is 0 Å². The Balaban J connectivity index is 1.74. The molecule has 128 valence electrons. The van der Waals surface area contributed by atoms with E-state index in [4.69, 9.17) is 4.74 Å². The third kappa shape index (κ3) is 3.85. The molecular weight excluding hydrogens is 321 g/mol. The fourth-order valence-corrected chi connectivity index (χ4v) is 2.51. The molecule has 6 heteroatoms. The maximum atomic E-state index is 12.9. The van der Waals surface area contributed by atoms with Crippen molar-refractivity contribution in [3.8, 4) is 17.0 Å². The Bertz CT molecular complexity index is 888. The van der Waals surface area contributed by atoms with Crippen LogP contribution in [0.3, 0.4) is 0 Å². The number of amides is 1. The van der Waals surface area contributed by atoms with Gasteiger partial charge in [-0.05, 0) is 35.9 Å². The van der Waals surface area contributed by atoms with Crippen molar-refractivity contribution in [2.75, 3.05) is 7.11 Å². The Morgan fingerprint density at radius 1 is 1.20 bits per heavy atom. The number of hydrogen-bond acceptors (Lipinski definition) is 3. The van der Waals surface area contributed by atoms with E-state index in [1.165, 1.54) is 12.1 Å². The number of nitrogens with one attached hydrogen (secondary N) is 1. The lowest BCUT2D eigenvalue weighted by Gasteiger charge is -2.04. The van der Waals surface area contributed by atoms with E-state index in [0.717, 1.165) is 22.6 Å². The molecule has 0 unspecified atom stereocenters. The van der Waals surface area contributed by atoms with Gasteiger partial charge in [-0.25, -0.2) is 4.39 Å². The van der Waals surface area contributed by atoms with Gasteiger partial charge in [0.05, 0.1) is 12.8 Å². The highest BCUT2D eigenvalue weighted by Gasteiger charge is 2.14. The topological polar surface area (TPSA) is 56.1 Å². The molecule has 0 bridgehead atoms. The van der Waals surface area contributed by atoms with Crippen molar-refractivity contribution in [1.29, 1.82) is 0 Å². The number of ether oxygens (including phenoxy) is 1. The Morgan fingerprint density at radius 2 is 1.96 bits per heavy atom. The van der Waals surface area contributed by atoms with E-state index < -0.39 is 0 Å². The smallest absolute Gasteiger partial charge is 0.272 e. The number of benzene rings is 2. The molecule has 2 aromatic carbocycles. The van der Waals surface area contributed by atoms with Gasteiger partial charge < -0.3 is 10.1 Å². The first-order valence-corrected chi connectivity index (χ1v) is 7.78. The van der Waals surface area contributed by atoms with Crippen molar-refractivity contribution in [1.82, 2.24) is 15.1 Å². The number of carbonyl (C=O) groups is 1. The Hall–Kier alpha value is -3.15. The molecule has 3 rings (SSSR count). The van der Waals surface area contributed by atoms with E-state index >= 15 is 0 Å². The molecule has 1 heterocycles. The standard InChI is InChI=1S/C19H18FN3O2/c1-23-18(14-4-3-5-16(10-14)25-2)11-17(22-23)19(24)21-12-13-6-8-15(20)9-7-13/h3-11H,12H2,1-2H3,(H,21,24). The first-order chi connectivity index (χ1) is 12.1. The number of halogens is 1. The molecule has 0 aliphatic carbocycles. The van der Waals surface area contributed by atoms with Crippen LogP contribution in [0, 0.1) is 5.82 Å². The van der Waals surface area contributed by atoms with Crippen LogP contribution >= 0.6 is 0 Å². The molecular formula is C19H18FN3O2. The summed E-state index contributed by atoms with van der Waals surface area (Å²) >= 11 is 0. The first kappa shape index (κ1) is 16.7. The predicted molar refractivity (Wildman–Crippen MR) is 92.8 cm³/mol. The second-order valence-corrected chi connectivity index (χ2v) is 5.58. The highest BCUT2D eigenvalue weighted by Crippen LogP contribution is 2.24. The van der Waals surface area contributed by atoms with E-state index in [-0.39, 0.29) is 11.7 Å². The average molecular weight is 339 g/mol. The quantitative estimate of drug-likeness (QED) is 0.777. The van der Waals surface area contributed by atoms with Crippen molar-refractivity contribution < 1.29 is 13.9 Å². The van der Waals surface area contributed by atoms with Gasteiger partial charge in [0.1, 0.15) is 11.6 Å². The van der Waals surface area contributed by atoms with Crippen LogP contribution in [0.1, 0.15) is 16.1 Å².